The molecule has 0 aliphatic carbocycles. The summed E-state index contributed by atoms with van der Waals surface area (Å²) in [5.41, 5.74) is 1.12. The van der Waals surface area contributed by atoms with E-state index in [0.29, 0.717) is 13.0 Å². The van der Waals surface area contributed by atoms with Crippen molar-refractivity contribution in [1.29, 1.82) is 0 Å². The quantitative estimate of drug-likeness (QED) is 0.333. The van der Waals surface area contributed by atoms with E-state index in [-0.39, 0.29) is 17.9 Å². The Kier molecular flexibility index (Phi) is 10.8. The highest BCUT2D eigenvalue weighted by molar-refractivity contribution is 5.94. The molecule has 29 heavy (non-hydrogen) atoms. The molecule has 0 spiro atoms. The van der Waals surface area contributed by atoms with Crippen molar-refractivity contribution in [2.24, 2.45) is 5.92 Å². The summed E-state index contributed by atoms with van der Waals surface area (Å²) in [6.07, 6.45) is 13.9. The summed E-state index contributed by atoms with van der Waals surface area (Å²) in [5.74, 6) is -0.211. The molecule has 0 radical (unpaired) electrons. The fraction of sp³-hybridized carbons (Fsp3) is 0.680. The van der Waals surface area contributed by atoms with Crippen molar-refractivity contribution in [2.75, 3.05) is 6.61 Å². The molecule has 1 unspecified atom stereocenters. The van der Waals surface area contributed by atoms with Crippen molar-refractivity contribution in [3.8, 4) is 0 Å². The van der Waals surface area contributed by atoms with E-state index in [4.69, 9.17) is 4.74 Å². The zero-order chi connectivity index (χ0) is 20.9. The van der Waals surface area contributed by atoms with E-state index in [1.807, 2.05) is 37.3 Å². The fourth-order valence-corrected chi connectivity index (χ4v) is 4.07. The predicted octanol–water partition coefficient (Wildman–Crippen LogP) is 6.52. The summed E-state index contributed by atoms with van der Waals surface area (Å²) >= 11 is 0. The number of cyclic esters (lactones) is 1. The van der Waals surface area contributed by atoms with Crippen molar-refractivity contribution in [1.82, 2.24) is 4.90 Å². The minimum Gasteiger partial charge on any atom is -0.447 e. The number of hydrogen-bond acceptors (Lipinski definition) is 3. The molecule has 2 atom stereocenters. The maximum Gasteiger partial charge on any atom is 0.416 e. The first-order chi connectivity index (χ1) is 14.1. The monoisotopic (exact) mass is 401 g/mol. The number of hydrogen-bond donors (Lipinski definition) is 0. The van der Waals surface area contributed by atoms with Crippen molar-refractivity contribution in [3.63, 3.8) is 0 Å². The Morgan fingerprint density at radius 3 is 2.21 bits per heavy atom. The van der Waals surface area contributed by atoms with Crippen LogP contribution in [0.5, 0.6) is 0 Å². The smallest absolute Gasteiger partial charge is 0.416 e. The van der Waals surface area contributed by atoms with E-state index in [9.17, 15) is 9.59 Å². The largest absolute Gasteiger partial charge is 0.447 e. The van der Waals surface area contributed by atoms with Gasteiger partial charge in [-0.3, -0.25) is 4.79 Å². The normalized spacial score (nSPS) is 17.4. The van der Waals surface area contributed by atoms with Crippen molar-refractivity contribution in [3.05, 3.63) is 35.9 Å². The van der Waals surface area contributed by atoms with E-state index < -0.39 is 6.09 Å². The lowest BCUT2D eigenvalue weighted by molar-refractivity contribution is -0.133. The van der Waals surface area contributed by atoms with Gasteiger partial charge in [-0.2, -0.15) is 0 Å². The van der Waals surface area contributed by atoms with Crippen LogP contribution in [0.15, 0.2) is 30.3 Å². The van der Waals surface area contributed by atoms with Crippen LogP contribution in [0.3, 0.4) is 0 Å². The summed E-state index contributed by atoms with van der Waals surface area (Å²) in [4.78, 5) is 26.4. The highest BCUT2D eigenvalue weighted by atomic mass is 16.6. The number of imide groups is 1. The van der Waals surface area contributed by atoms with Gasteiger partial charge in [0.05, 0.1) is 6.04 Å². The summed E-state index contributed by atoms with van der Waals surface area (Å²) in [7, 11) is 0. The van der Waals surface area contributed by atoms with E-state index in [1.54, 1.807) is 0 Å². The number of nitrogens with zero attached hydrogens (tertiary/aromatic N) is 1. The molecular formula is C25H39NO3. The molecule has 4 heteroatoms. The van der Waals surface area contributed by atoms with Gasteiger partial charge in [0.2, 0.25) is 5.91 Å². The van der Waals surface area contributed by atoms with Gasteiger partial charge in [-0.25, -0.2) is 9.69 Å². The topological polar surface area (TPSA) is 46.6 Å². The Morgan fingerprint density at radius 1 is 1.00 bits per heavy atom. The van der Waals surface area contributed by atoms with Gasteiger partial charge >= 0.3 is 6.09 Å². The van der Waals surface area contributed by atoms with Gasteiger partial charge in [0.15, 0.2) is 0 Å². The third-order valence-electron chi connectivity index (χ3n) is 5.92. The second kappa shape index (κ2) is 13.4. The number of ether oxygens (including phenoxy) is 1. The van der Waals surface area contributed by atoms with Gasteiger partial charge < -0.3 is 4.74 Å². The van der Waals surface area contributed by atoms with Crippen LogP contribution >= 0.6 is 0 Å². The van der Waals surface area contributed by atoms with Crippen LogP contribution in [0.1, 0.15) is 90.0 Å². The molecule has 1 aliphatic rings. The van der Waals surface area contributed by atoms with Crippen LogP contribution in [0.2, 0.25) is 0 Å². The minimum absolute atomic E-state index is 0.0793. The molecule has 2 amide bonds. The Bertz CT molecular complexity index is 601. The summed E-state index contributed by atoms with van der Waals surface area (Å²) in [6.45, 7) is 4.49. The average Bonchev–Trinajstić information content (AvgIpc) is 3.09. The van der Waals surface area contributed by atoms with Crippen LogP contribution in [0.25, 0.3) is 0 Å². The van der Waals surface area contributed by atoms with Crippen molar-refractivity contribution < 1.29 is 14.3 Å². The summed E-state index contributed by atoms with van der Waals surface area (Å²) in [6, 6.07) is 9.79. The van der Waals surface area contributed by atoms with E-state index >= 15 is 0 Å². The van der Waals surface area contributed by atoms with Crippen molar-refractivity contribution in [2.45, 2.75) is 96.9 Å². The molecule has 0 aromatic heterocycles. The molecule has 4 nitrogen and oxygen atoms in total. The zero-order valence-electron chi connectivity index (χ0n) is 18.4. The molecule has 1 aliphatic heterocycles. The van der Waals surface area contributed by atoms with Gasteiger partial charge in [-0.15, -0.1) is 0 Å². The number of amides is 2. The van der Waals surface area contributed by atoms with Crippen LogP contribution in [-0.2, 0) is 16.0 Å². The number of carbonyl (C=O) groups is 2. The number of carbonyl (C=O) groups excluding carboxylic acids is 2. The van der Waals surface area contributed by atoms with Gasteiger partial charge in [0.1, 0.15) is 6.61 Å². The van der Waals surface area contributed by atoms with E-state index in [1.165, 1.54) is 62.7 Å². The molecule has 0 bridgehead atoms. The van der Waals surface area contributed by atoms with E-state index in [2.05, 4.69) is 6.92 Å². The first-order valence-electron chi connectivity index (χ1n) is 11.7. The Balaban J connectivity index is 1.65. The van der Waals surface area contributed by atoms with Crippen LogP contribution in [0.4, 0.5) is 4.79 Å². The Hall–Kier alpha value is -1.84. The number of benzene rings is 1. The third-order valence-corrected chi connectivity index (χ3v) is 5.92. The summed E-state index contributed by atoms with van der Waals surface area (Å²) < 4.78 is 5.19. The van der Waals surface area contributed by atoms with Crippen molar-refractivity contribution >= 4 is 12.0 Å². The highest BCUT2D eigenvalue weighted by Crippen LogP contribution is 2.22. The lowest BCUT2D eigenvalue weighted by atomic mass is 9.99. The van der Waals surface area contributed by atoms with Gasteiger partial charge in [-0.1, -0.05) is 108 Å². The maximum atomic E-state index is 12.9. The second-order valence-corrected chi connectivity index (χ2v) is 8.50. The summed E-state index contributed by atoms with van der Waals surface area (Å²) in [5, 5.41) is 0. The molecule has 162 valence electrons. The third kappa shape index (κ3) is 8.20. The maximum absolute atomic E-state index is 12.9. The van der Waals surface area contributed by atoms with Gasteiger partial charge in [0.25, 0.3) is 0 Å². The molecule has 1 saturated heterocycles. The first kappa shape index (κ1) is 23.4. The van der Waals surface area contributed by atoms with E-state index in [0.717, 1.165) is 18.4 Å². The SMILES string of the molecule is CCCCCCCCCCCCC(C)C(=O)N1C(=O)OC[C@H]1Cc1ccccc1. The Labute approximate surface area is 177 Å². The second-order valence-electron chi connectivity index (χ2n) is 8.50. The molecule has 0 saturated carbocycles. The molecule has 2 rings (SSSR count). The van der Waals surface area contributed by atoms with Crippen LogP contribution < -0.4 is 0 Å². The first-order valence-corrected chi connectivity index (χ1v) is 11.7. The Morgan fingerprint density at radius 2 is 1.59 bits per heavy atom. The average molecular weight is 402 g/mol. The standard InChI is InChI=1S/C25H39NO3/c1-3-4-5-6-7-8-9-10-11-13-16-21(2)24(27)26-23(20-29-25(26)28)19-22-17-14-12-15-18-22/h12,14-15,17-18,21,23H,3-11,13,16,19-20H2,1-2H3/t21?,23-/m1/s1. The van der Waals surface area contributed by atoms with Crippen LogP contribution in [0, 0.1) is 5.92 Å². The number of rotatable bonds is 14. The zero-order valence-corrected chi connectivity index (χ0v) is 18.4. The van der Waals surface area contributed by atoms with Gasteiger partial charge in [-0.05, 0) is 18.4 Å². The number of unbranched alkanes of at least 4 members (excludes halogenated alkanes) is 9. The minimum atomic E-state index is -0.481. The highest BCUT2D eigenvalue weighted by Gasteiger charge is 2.39. The lowest BCUT2D eigenvalue weighted by Crippen LogP contribution is -2.43. The molecular weight excluding hydrogens is 362 g/mol. The predicted molar refractivity (Wildman–Crippen MR) is 118 cm³/mol. The lowest BCUT2D eigenvalue weighted by Gasteiger charge is -2.23. The molecule has 1 aromatic carbocycles. The van der Waals surface area contributed by atoms with Gasteiger partial charge in [0, 0.05) is 5.92 Å². The molecule has 1 heterocycles. The fourth-order valence-electron chi connectivity index (χ4n) is 4.07. The van der Waals surface area contributed by atoms with Crippen LogP contribution in [-0.4, -0.2) is 29.5 Å². The molecule has 0 N–H and O–H groups in total. The molecule has 1 aromatic rings. The molecule has 1 fully saturated rings.